The molecular weight excluding hydrogens is 505 g/mol. The second-order valence-corrected chi connectivity index (χ2v) is 8.99. The van der Waals surface area contributed by atoms with Crippen LogP contribution in [-0.2, 0) is 16.0 Å². The Bertz CT molecular complexity index is 1030. The quantitative estimate of drug-likeness (QED) is 0.535. The summed E-state index contributed by atoms with van der Waals surface area (Å²) in [4.78, 5) is 27.9. The Morgan fingerprint density at radius 2 is 1.76 bits per heavy atom. The molecule has 1 N–H and O–H groups in total. The maximum absolute atomic E-state index is 13.1. The van der Waals surface area contributed by atoms with Crippen molar-refractivity contribution < 1.29 is 32.2 Å². The maximum Gasteiger partial charge on any atom is 0.573 e. The van der Waals surface area contributed by atoms with E-state index in [0.29, 0.717) is 39.1 Å². The van der Waals surface area contributed by atoms with Crippen molar-refractivity contribution >= 4 is 33.3 Å². The van der Waals surface area contributed by atoms with E-state index < -0.39 is 23.6 Å². The molecule has 33 heavy (non-hydrogen) atoms. The van der Waals surface area contributed by atoms with E-state index in [1.165, 1.54) is 12.1 Å². The van der Waals surface area contributed by atoms with Crippen LogP contribution in [0.4, 0.5) is 18.9 Å². The SMILES string of the molecule is O=C(Cc1ccc(Br)cc1)c1ccc(OC(F)(F)F)c(NC(=O)C2(N3CCOCC3)CC2)c1. The fourth-order valence-corrected chi connectivity index (χ4v) is 4.20. The zero-order valence-electron chi connectivity index (χ0n) is 17.6. The average molecular weight is 527 g/mol. The van der Waals surface area contributed by atoms with Crippen molar-refractivity contribution in [3.05, 3.63) is 58.1 Å². The number of hydrogen-bond donors (Lipinski definition) is 1. The highest BCUT2D eigenvalue weighted by molar-refractivity contribution is 9.10. The maximum atomic E-state index is 13.1. The summed E-state index contributed by atoms with van der Waals surface area (Å²) in [6.07, 6.45) is -3.66. The molecule has 0 aromatic heterocycles. The van der Waals surface area contributed by atoms with Gasteiger partial charge >= 0.3 is 6.36 Å². The van der Waals surface area contributed by atoms with Crippen LogP contribution in [-0.4, -0.2) is 54.8 Å². The Morgan fingerprint density at radius 1 is 1.09 bits per heavy atom. The molecule has 1 amide bonds. The number of amides is 1. The molecule has 1 aliphatic carbocycles. The number of alkyl halides is 3. The average Bonchev–Trinajstić information content (AvgIpc) is 3.58. The number of carbonyl (C=O) groups excluding carboxylic acids is 2. The van der Waals surface area contributed by atoms with Gasteiger partial charge in [-0.25, -0.2) is 0 Å². The first-order valence-corrected chi connectivity index (χ1v) is 11.3. The summed E-state index contributed by atoms with van der Waals surface area (Å²) in [6.45, 7) is 2.14. The van der Waals surface area contributed by atoms with Gasteiger partial charge in [0.05, 0.1) is 18.9 Å². The molecule has 176 valence electrons. The molecule has 6 nitrogen and oxygen atoms in total. The molecule has 2 aliphatic rings. The van der Waals surface area contributed by atoms with Crippen molar-refractivity contribution in [1.82, 2.24) is 4.90 Å². The molecule has 0 unspecified atom stereocenters. The minimum Gasteiger partial charge on any atom is -0.404 e. The highest BCUT2D eigenvalue weighted by atomic mass is 79.9. The van der Waals surface area contributed by atoms with Crippen molar-refractivity contribution in [3.8, 4) is 5.75 Å². The lowest BCUT2D eigenvalue weighted by Gasteiger charge is -2.34. The fourth-order valence-electron chi connectivity index (χ4n) is 3.94. The number of Topliss-reactive ketones (excluding diaryl/α,β-unsaturated/α-hetero) is 1. The van der Waals surface area contributed by atoms with Gasteiger partial charge in [-0.05, 0) is 48.7 Å². The summed E-state index contributed by atoms with van der Waals surface area (Å²) >= 11 is 3.33. The number of carbonyl (C=O) groups is 2. The molecular formula is C23H22BrF3N2O4. The smallest absolute Gasteiger partial charge is 0.404 e. The van der Waals surface area contributed by atoms with Gasteiger partial charge in [-0.1, -0.05) is 28.1 Å². The normalized spacial score (nSPS) is 17.9. The number of nitrogens with one attached hydrogen (secondary N) is 1. The molecule has 0 bridgehead atoms. The number of ether oxygens (including phenoxy) is 2. The molecule has 2 aromatic rings. The lowest BCUT2D eigenvalue weighted by atomic mass is 10.0. The largest absolute Gasteiger partial charge is 0.573 e. The number of ketones is 1. The first-order valence-electron chi connectivity index (χ1n) is 10.5. The van der Waals surface area contributed by atoms with Crippen LogP contribution in [0.2, 0.25) is 0 Å². The van der Waals surface area contributed by atoms with Crippen molar-refractivity contribution in [1.29, 1.82) is 0 Å². The van der Waals surface area contributed by atoms with E-state index in [1.54, 1.807) is 24.3 Å². The number of benzene rings is 2. The standard InChI is InChI=1S/C23H22BrF3N2O4/c24-17-4-1-15(2-5-17)13-19(30)16-3-6-20(33-23(25,26)27)18(14-16)28-21(31)22(7-8-22)29-9-11-32-12-10-29/h1-6,14H,7-13H2,(H,28,31). The Hall–Kier alpha value is -2.43. The first-order chi connectivity index (χ1) is 15.7. The number of halogens is 4. The zero-order chi connectivity index (χ0) is 23.6. The summed E-state index contributed by atoms with van der Waals surface area (Å²) in [5.74, 6) is -1.26. The zero-order valence-corrected chi connectivity index (χ0v) is 19.2. The van der Waals surface area contributed by atoms with Crippen molar-refractivity contribution in [2.45, 2.75) is 31.2 Å². The molecule has 0 atom stereocenters. The van der Waals surface area contributed by atoms with Gasteiger partial charge in [0.15, 0.2) is 11.5 Å². The highest BCUT2D eigenvalue weighted by Crippen LogP contribution is 2.44. The van der Waals surface area contributed by atoms with Crippen LogP contribution >= 0.6 is 15.9 Å². The van der Waals surface area contributed by atoms with E-state index in [4.69, 9.17) is 4.74 Å². The van der Waals surface area contributed by atoms with Gasteiger partial charge < -0.3 is 14.8 Å². The number of hydrogen-bond acceptors (Lipinski definition) is 5. The summed E-state index contributed by atoms with van der Waals surface area (Å²) in [5.41, 5.74) is -0.0115. The minimum absolute atomic E-state index is 0.0673. The van der Waals surface area contributed by atoms with Crippen LogP contribution in [0.15, 0.2) is 46.9 Å². The van der Waals surface area contributed by atoms with Crippen LogP contribution < -0.4 is 10.1 Å². The van der Waals surface area contributed by atoms with Crippen LogP contribution in [0, 0.1) is 0 Å². The first kappa shape index (κ1) is 23.7. The molecule has 2 fully saturated rings. The summed E-state index contributed by atoms with van der Waals surface area (Å²) in [7, 11) is 0. The van der Waals surface area contributed by atoms with E-state index in [0.717, 1.165) is 16.1 Å². The lowest BCUT2D eigenvalue weighted by Crippen LogP contribution is -2.51. The fraction of sp³-hybridized carbons (Fsp3) is 0.391. The molecule has 1 saturated carbocycles. The molecule has 4 rings (SSSR count). The van der Waals surface area contributed by atoms with Crippen LogP contribution in [0.25, 0.3) is 0 Å². The van der Waals surface area contributed by atoms with Gasteiger partial charge in [0, 0.05) is 29.5 Å². The van der Waals surface area contributed by atoms with E-state index in [2.05, 4.69) is 26.0 Å². The van der Waals surface area contributed by atoms with Crippen LogP contribution in [0.1, 0.15) is 28.8 Å². The predicted molar refractivity (Wildman–Crippen MR) is 118 cm³/mol. The third-order valence-electron chi connectivity index (χ3n) is 5.82. The van der Waals surface area contributed by atoms with Gasteiger partial charge in [0.2, 0.25) is 5.91 Å². The minimum atomic E-state index is -4.94. The third kappa shape index (κ3) is 5.74. The van der Waals surface area contributed by atoms with E-state index in [-0.39, 0.29) is 23.5 Å². The van der Waals surface area contributed by atoms with Crippen molar-refractivity contribution in [2.24, 2.45) is 0 Å². The second-order valence-electron chi connectivity index (χ2n) is 8.07. The van der Waals surface area contributed by atoms with Crippen molar-refractivity contribution in [2.75, 3.05) is 31.6 Å². The number of nitrogens with zero attached hydrogens (tertiary/aromatic N) is 1. The van der Waals surface area contributed by atoms with Gasteiger partial charge in [-0.15, -0.1) is 13.2 Å². The van der Waals surface area contributed by atoms with Crippen LogP contribution in [0.5, 0.6) is 5.75 Å². The predicted octanol–water partition coefficient (Wildman–Crippen LogP) is 4.58. The Kier molecular flexibility index (Phi) is 6.78. The Morgan fingerprint density at radius 3 is 2.36 bits per heavy atom. The van der Waals surface area contributed by atoms with E-state index >= 15 is 0 Å². The van der Waals surface area contributed by atoms with E-state index in [9.17, 15) is 22.8 Å². The van der Waals surface area contributed by atoms with E-state index in [1.807, 2.05) is 4.90 Å². The van der Waals surface area contributed by atoms with Gasteiger partial charge in [-0.3, -0.25) is 14.5 Å². The highest BCUT2D eigenvalue weighted by Gasteiger charge is 2.54. The van der Waals surface area contributed by atoms with Gasteiger partial charge in [-0.2, -0.15) is 0 Å². The summed E-state index contributed by atoms with van der Waals surface area (Å²) < 4.78 is 49.2. The van der Waals surface area contributed by atoms with Crippen molar-refractivity contribution in [3.63, 3.8) is 0 Å². The Balaban J connectivity index is 1.56. The lowest BCUT2D eigenvalue weighted by molar-refractivity contribution is -0.274. The molecule has 1 aliphatic heterocycles. The topological polar surface area (TPSA) is 67.9 Å². The third-order valence-corrected chi connectivity index (χ3v) is 6.34. The van der Waals surface area contributed by atoms with Crippen LogP contribution in [0.3, 0.4) is 0 Å². The number of morpholine rings is 1. The second kappa shape index (κ2) is 9.44. The number of rotatable bonds is 7. The molecule has 0 radical (unpaired) electrons. The number of anilines is 1. The Labute approximate surface area is 197 Å². The van der Waals surface area contributed by atoms with Gasteiger partial charge in [0.1, 0.15) is 5.54 Å². The molecule has 0 spiro atoms. The molecule has 2 aromatic carbocycles. The molecule has 10 heteroatoms. The molecule has 1 saturated heterocycles. The monoisotopic (exact) mass is 526 g/mol. The van der Waals surface area contributed by atoms with Gasteiger partial charge in [0.25, 0.3) is 0 Å². The summed E-state index contributed by atoms with van der Waals surface area (Å²) in [5, 5.41) is 2.59. The molecule has 1 heterocycles. The summed E-state index contributed by atoms with van der Waals surface area (Å²) in [6, 6.07) is 10.7.